The third kappa shape index (κ3) is 8.61. The fraction of sp³-hybridized carbons (Fsp3) is 0.269. The number of hydrogen-bond acceptors (Lipinski definition) is 6. The van der Waals surface area contributed by atoms with Gasteiger partial charge in [0.25, 0.3) is 10.0 Å². The molecular weight excluding hydrogens is 577 g/mol. The maximum Gasteiger partial charge on any atom is 0.490 e. The molecule has 1 saturated heterocycles. The van der Waals surface area contributed by atoms with Crippen molar-refractivity contribution in [1.82, 2.24) is 4.98 Å². The number of nitrogens with zero attached hydrogens (tertiary/aromatic N) is 2. The highest BCUT2D eigenvalue weighted by atomic mass is 32.2. The van der Waals surface area contributed by atoms with Crippen molar-refractivity contribution < 1.29 is 50.2 Å². The summed E-state index contributed by atoms with van der Waals surface area (Å²) in [5, 5.41) is 16.5. The van der Waals surface area contributed by atoms with Crippen LogP contribution in [0.2, 0.25) is 0 Å². The van der Waals surface area contributed by atoms with E-state index in [1.807, 2.05) is 23.1 Å². The summed E-state index contributed by atoms with van der Waals surface area (Å²) in [6.07, 6.45) is -1.27. The lowest BCUT2D eigenvalue weighted by Crippen LogP contribution is -2.35. The van der Waals surface area contributed by atoms with Gasteiger partial charge in [-0.05, 0) is 55.0 Å². The molecule has 1 aromatic heterocycles. The molecule has 3 aromatic rings. The number of carbonyl (C=O) groups is 2. The van der Waals surface area contributed by atoms with E-state index in [0.29, 0.717) is 31.1 Å². The molecule has 220 valence electrons. The Morgan fingerprint density at radius 3 is 2.12 bits per heavy atom. The number of sulfonamides is 1. The van der Waals surface area contributed by atoms with Crippen LogP contribution in [0.5, 0.6) is 0 Å². The van der Waals surface area contributed by atoms with Crippen LogP contribution in [0.15, 0.2) is 65.7 Å². The quantitative estimate of drug-likeness (QED) is 0.324. The van der Waals surface area contributed by atoms with E-state index < -0.39 is 44.7 Å². The van der Waals surface area contributed by atoms with Gasteiger partial charge in [-0.1, -0.05) is 30.3 Å². The van der Waals surface area contributed by atoms with Crippen LogP contribution in [0.1, 0.15) is 28.8 Å². The van der Waals surface area contributed by atoms with Gasteiger partial charge in [0, 0.05) is 19.3 Å². The molecule has 0 spiro atoms. The van der Waals surface area contributed by atoms with Crippen molar-refractivity contribution in [2.75, 3.05) is 22.7 Å². The maximum absolute atomic E-state index is 13.6. The topological polar surface area (TPSA) is 137 Å². The minimum Gasteiger partial charge on any atom is -0.478 e. The summed E-state index contributed by atoms with van der Waals surface area (Å²) in [6, 6.07) is 13.6. The Morgan fingerprint density at radius 2 is 1.59 bits per heavy atom. The van der Waals surface area contributed by atoms with E-state index in [9.17, 15) is 40.3 Å². The molecule has 0 bridgehead atoms. The molecule has 1 aliphatic heterocycles. The molecule has 0 radical (unpaired) electrons. The smallest absolute Gasteiger partial charge is 0.478 e. The predicted octanol–water partition coefficient (Wildman–Crippen LogP) is 4.95. The minimum absolute atomic E-state index is 0.0360. The zero-order valence-electron chi connectivity index (χ0n) is 21.1. The number of aliphatic carboxylic acids is 1. The molecule has 0 saturated carbocycles. The molecular formula is C26H24F5N3O6S. The Hall–Kier alpha value is -4.27. The van der Waals surface area contributed by atoms with Crippen LogP contribution < -0.4 is 9.62 Å². The molecule has 15 heteroatoms. The average molecular weight is 602 g/mol. The van der Waals surface area contributed by atoms with E-state index in [1.165, 1.54) is 17.8 Å². The standard InChI is InChI=1S/C24H23F2N3O4S.C2HF3O2/c25-20-7-6-19(14-21(20)26)34(32,33)28-22-13-18(24(30)31)15-27-23(22)29-10-8-17(9-11-29)12-16-4-2-1-3-5-16;3-2(4,5)1(6)7/h1-7,13-15,17,28H,8-12H2,(H,30,31);(H,6,7). The summed E-state index contributed by atoms with van der Waals surface area (Å²) in [5.74, 6) is -5.76. The number of nitrogens with one attached hydrogen (secondary N) is 1. The lowest BCUT2D eigenvalue weighted by molar-refractivity contribution is -0.192. The summed E-state index contributed by atoms with van der Waals surface area (Å²) in [6.45, 7) is 1.22. The molecule has 1 fully saturated rings. The van der Waals surface area contributed by atoms with Crippen molar-refractivity contribution in [1.29, 1.82) is 0 Å². The Kier molecular flexibility index (Phi) is 9.86. The van der Waals surface area contributed by atoms with Crippen LogP contribution in [-0.2, 0) is 21.2 Å². The second-order valence-electron chi connectivity index (χ2n) is 9.00. The van der Waals surface area contributed by atoms with Crippen molar-refractivity contribution in [3.05, 3.63) is 83.6 Å². The van der Waals surface area contributed by atoms with Crippen LogP contribution in [0.4, 0.5) is 33.5 Å². The Balaban J connectivity index is 0.000000587. The van der Waals surface area contributed by atoms with Crippen molar-refractivity contribution in [2.45, 2.75) is 30.3 Å². The van der Waals surface area contributed by atoms with Crippen LogP contribution >= 0.6 is 0 Å². The number of benzene rings is 2. The first-order valence-electron chi connectivity index (χ1n) is 12.0. The number of aromatic carboxylic acids is 1. The number of hydrogen-bond donors (Lipinski definition) is 3. The SMILES string of the molecule is O=C(O)C(F)(F)F.O=C(O)c1cnc(N2CCC(Cc3ccccc3)CC2)c(NS(=O)(=O)c2ccc(F)c(F)c2)c1. The summed E-state index contributed by atoms with van der Waals surface area (Å²) in [5.41, 5.74) is 1.02. The number of rotatable bonds is 7. The molecule has 0 amide bonds. The molecule has 2 heterocycles. The van der Waals surface area contributed by atoms with Gasteiger partial charge in [-0.25, -0.2) is 31.8 Å². The molecule has 4 rings (SSSR count). The first kappa shape index (κ1) is 31.3. The number of carboxylic acids is 2. The first-order chi connectivity index (χ1) is 19.2. The average Bonchev–Trinajstić information content (AvgIpc) is 2.91. The van der Waals surface area contributed by atoms with Gasteiger partial charge in [0.1, 0.15) is 0 Å². The van der Waals surface area contributed by atoms with E-state index >= 15 is 0 Å². The molecule has 1 aliphatic rings. The second kappa shape index (κ2) is 12.9. The molecule has 0 unspecified atom stereocenters. The lowest BCUT2D eigenvalue weighted by Gasteiger charge is -2.34. The molecule has 2 aromatic carbocycles. The Labute approximate surface area is 231 Å². The molecule has 41 heavy (non-hydrogen) atoms. The Bertz CT molecular complexity index is 1500. The first-order valence-corrected chi connectivity index (χ1v) is 13.5. The van der Waals surface area contributed by atoms with Crippen molar-refractivity contribution in [3.8, 4) is 0 Å². The van der Waals surface area contributed by atoms with Crippen LogP contribution in [0, 0.1) is 17.6 Å². The monoisotopic (exact) mass is 601 g/mol. The van der Waals surface area contributed by atoms with Gasteiger partial charge < -0.3 is 15.1 Å². The molecule has 0 aliphatic carbocycles. The number of anilines is 2. The van der Waals surface area contributed by atoms with E-state index in [-0.39, 0.29) is 17.1 Å². The number of alkyl halides is 3. The number of halogens is 5. The number of piperidine rings is 1. The highest BCUT2D eigenvalue weighted by Gasteiger charge is 2.38. The normalized spacial score (nSPS) is 14.1. The summed E-state index contributed by atoms with van der Waals surface area (Å²) in [7, 11) is -4.32. The predicted molar refractivity (Wildman–Crippen MR) is 137 cm³/mol. The van der Waals surface area contributed by atoms with E-state index in [2.05, 4.69) is 21.8 Å². The van der Waals surface area contributed by atoms with Gasteiger partial charge in [-0.15, -0.1) is 0 Å². The van der Waals surface area contributed by atoms with Crippen molar-refractivity contribution in [2.24, 2.45) is 5.92 Å². The van der Waals surface area contributed by atoms with Crippen LogP contribution in [0.3, 0.4) is 0 Å². The largest absolute Gasteiger partial charge is 0.490 e. The van der Waals surface area contributed by atoms with Crippen LogP contribution in [-0.4, -0.2) is 54.8 Å². The zero-order valence-corrected chi connectivity index (χ0v) is 21.9. The summed E-state index contributed by atoms with van der Waals surface area (Å²) in [4.78, 5) is 26.0. The number of carboxylic acid groups (broad SMARTS) is 2. The molecule has 9 nitrogen and oxygen atoms in total. The third-order valence-electron chi connectivity index (χ3n) is 6.08. The minimum atomic E-state index is -5.08. The highest BCUT2D eigenvalue weighted by molar-refractivity contribution is 7.92. The van der Waals surface area contributed by atoms with Gasteiger partial charge in [0.2, 0.25) is 0 Å². The van der Waals surface area contributed by atoms with Crippen molar-refractivity contribution >= 4 is 33.5 Å². The van der Waals surface area contributed by atoms with Gasteiger partial charge in [0.15, 0.2) is 17.5 Å². The number of pyridine rings is 1. The van der Waals surface area contributed by atoms with Crippen molar-refractivity contribution in [3.63, 3.8) is 0 Å². The fourth-order valence-corrected chi connectivity index (χ4v) is 5.11. The summed E-state index contributed by atoms with van der Waals surface area (Å²) < 4.78 is 86.6. The third-order valence-corrected chi connectivity index (χ3v) is 7.45. The lowest BCUT2D eigenvalue weighted by atomic mass is 9.90. The summed E-state index contributed by atoms with van der Waals surface area (Å²) >= 11 is 0. The van der Waals surface area contributed by atoms with Crippen LogP contribution in [0.25, 0.3) is 0 Å². The maximum atomic E-state index is 13.6. The van der Waals surface area contributed by atoms with Gasteiger partial charge >= 0.3 is 18.1 Å². The van der Waals surface area contributed by atoms with Gasteiger partial charge in [-0.2, -0.15) is 13.2 Å². The molecule has 3 N–H and O–H groups in total. The zero-order chi connectivity index (χ0) is 30.4. The van der Waals surface area contributed by atoms with Gasteiger partial charge in [0.05, 0.1) is 16.1 Å². The molecule has 0 atom stereocenters. The van der Waals surface area contributed by atoms with E-state index in [0.717, 1.165) is 25.3 Å². The Morgan fingerprint density at radius 1 is 0.976 bits per heavy atom. The van der Waals surface area contributed by atoms with E-state index in [1.54, 1.807) is 0 Å². The second-order valence-corrected chi connectivity index (χ2v) is 10.7. The van der Waals surface area contributed by atoms with E-state index in [4.69, 9.17) is 9.90 Å². The number of aromatic nitrogens is 1. The van der Waals surface area contributed by atoms with Gasteiger partial charge in [-0.3, -0.25) is 4.72 Å². The fourth-order valence-electron chi connectivity index (χ4n) is 4.05. The highest BCUT2D eigenvalue weighted by Crippen LogP contribution is 2.31.